The highest BCUT2D eigenvalue weighted by atomic mass is 32.2. The SMILES string of the molecule is CC(C)[C@H](N=C1NS(=O)(=O)c2ccccc21)C(=O)O[C@@H](C)C(=O)NCc1ccc2c(c1)OCO2. The lowest BCUT2D eigenvalue weighted by Gasteiger charge is -2.19. The van der Waals surface area contributed by atoms with Gasteiger partial charge >= 0.3 is 5.97 Å². The summed E-state index contributed by atoms with van der Waals surface area (Å²) in [6.45, 7) is 5.36. The quantitative estimate of drug-likeness (QED) is 0.569. The lowest BCUT2D eigenvalue weighted by atomic mass is 10.0. The van der Waals surface area contributed by atoms with Crippen molar-refractivity contribution in [3.8, 4) is 11.5 Å². The Bertz CT molecular complexity index is 1260. The molecule has 1 amide bonds. The van der Waals surface area contributed by atoms with Crippen LogP contribution in [0.3, 0.4) is 0 Å². The fourth-order valence-corrected chi connectivity index (χ4v) is 4.76. The lowest BCUT2D eigenvalue weighted by molar-refractivity contribution is -0.156. The first-order chi connectivity index (χ1) is 16.2. The maximum atomic E-state index is 12.8. The molecule has 0 saturated heterocycles. The van der Waals surface area contributed by atoms with E-state index < -0.39 is 34.0 Å². The summed E-state index contributed by atoms with van der Waals surface area (Å²) in [6.07, 6.45) is -1.07. The molecule has 0 fully saturated rings. The molecule has 10 nitrogen and oxygen atoms in total. The Morgan fingerprint density at radius 2 is 1.85 bits per heavy atom. The molecule has 34 heavy (non-hydrogen) atoms. The summed E-state index contributed by atoms with van der Waals surface area (Å²) < 4.78 is 43.0. The number of sulfonamides is 1. The molecule has 4 rings (SSSR count). The molecular weight excluding hydrogens is 462 g/mol. The number of amides is 1. The fourth-order valence-electron chi connectivity index (χ4n) is 3.52. The van der Waals surface area contributed by atoms with E-state index in [4.69, 9.17) is 14.2 Å². The number of carbonyl (C=O) groups is 2. The molecule has 2 aromatic carbocycles. The molecule has 2 aliphatic rings. The van der Waals surface area contributed by atoms with Gasteiger partial charge < -0.3 is 19.5 Å². The fraction of sp³-hybridized carbons (Fsp3) is 0.348. The topological polar surface area (TPSA) is 132 Å². The number of hydrogen-bond donors (Lipinski definition) is 2. The van der Waals surface area contributed by atoms with Crippen LogP contribution in [0.2, 0.25) is 0 Å². The van der Waals surface area contributed by atoms with Crippen LogP contribution >= 0.6 is 0 Å². The molecule has 0 aliphatic carbocycles. The van der Waals surface area contributed by atoms with E-state index in [-0.39, 0.29) is 30.0 Å². The Hall–Kier alpha value is -3.60. The zero-order valence-corrected chi connectivity index (χ0v) is 19.7. The zero-order valence-electron chi connectivity index (χ0n) is 18.9. The first-order valence-corrected chi connectivity index (χ1v) is 12.2. The predicted molar refractivity (Wildman–Crippen MR) is 122 cm³/mol. The van der Waals surface area contributed by atoms with Crippen molar-refractivity contribution in [1.29, 1.82) is 0 Å². The highest BCUT2D eigenvalue weighted by Crippen LogP contribution is 2.32. The smallest absolute Gasteiger partial charge is 0.331 e. The second-order valence-electron chi connectivity index (χ2n) is 8.25. The second kappa shape index (κ2) is 9.34. The van der Waals surface area contributed by atoms with Crippen LogP contribution in [0, 0.1) is 5.92 Å². The van der Waals surface area contributed by atoms with Gasteiger partial charge in [0.05, 0.1) is 4.90 Å². The summed E-state index contributed by atoms with van der Waals surface area (Å²) >= 11 is 0. The van der Waals surface area contributed by atoms with E-state index in [1.54, 1.807) is 50.2 Å². The van der Waals surface area contributed by atoms with Crippen molar-refractivity contribution in [1.82, 2.24) is 10.0 Å². The minimum Gasteiger partial charge on any atom is -0.454 e. The summed E-state index contributed by atoms with van der Waals surface area (Å²) in [5, 5.41) is 2.72. The van der Waals surface area contributed by atoms with Crippen molar-refractivity contribution < 1.29 is 32.2 Å². The lowest BCUT2D eigenvalue weighted by Crippen LogP contribution is -2.39. The van der Waals surface area contributed by atoms with Gasteiger partial charge in [0.1, 0.15) is 5.84 Å². The molecule has 0 bridgehead atoms. The van der Waals surface area contributed by atoms with Crippen LogP contribution in [-0.4, -0.2) is 45.1 Å². The third-order valence-electron chi connectivity index (χ3n) is 5.37. The Labute approximate surface area is 197 Å². The number of ether oxygens (including phenoxy) is 3. The van der Waals surface area contributed by atoms with Gasteiger partial charge in [-0.3, -0.25) is 14.5 Å². The molecular formula is C23H25N3O7S. The Morgan fingerprint density at radius 3 is 2.62 bits per heavy atom. The average Bonchev–Trinajstić information content (AvgIpc) is 3.37. The second-order valence-corrected chi connectivity index (χ2v) is 9.90. The highest BCUT2D eigenvalue weighted by Gasteiger charge is 2.34. The molecule has 0 aromatic heterocycles. The largest absolute Gasteiger partial charge is 0.454 e. The van der Waals surface area contributed by atoms with Crippen molar-refractivity contribution >= 4 is 27.7 Å². The van der Waals surface area contributed by atoms with Gasteiger partial charge in [0.25, 0.3) is 15.9 Å². The molecule has 11 heteroatoms. The van der Waals surface area contributed by atoms with Crippen molar-refractivity contribution in [2.24, 2.45) is 10.9 Å². The van der Waals surface area contributed by atoms with E-state index >= 15 is 0 Å². The van der Waals surface area contributed by atoms with Gasteiger partial charge in [0.15, 0.2) is 23.6 Å². The van der Waals surface area contributed by atoms with E-state index in [1.165, 1.54) is 13.0 Å². The van der Waals surface area contributed by atoms with Gasteiger partial charge in [-0.2, -0.15) is 0 Å². The highest BCUT2D eigenvalue weighted by molar-refractivity contribution is 7.90. The van der Waals surface area contributed by atoms with Crippen molar-refractivity contribution in [2.45, 2.75) is 44.4 Å². The molecule has 0 spiro atoms. The standard InChI is InChI=1S/C23H25N3O7S/c1-13(2)20(25-21-16-6-4-5-7-19(16)34(29,30)26-21)23(28)33-14(3)22(27)24-11-15-8-9-17-18(10-15)32-12-31-17/h4-10,13-14,20H,11-12H2,1-3H3,(H,24,27)(H,25,26)/t14-,20-/m0/s1. The van der Waals surface area contributed by atoms with Crippen molar-refractivity contribution in [2.75, 3.05) is 6.79 Å². The van der Waals surface area contributed by atoms with Crippen LogP contribution in [0.25, 0.3) is 0 Å². The monoisotopic (exact) mass is 487 g/mol. The Morgan fingerprint density at radius 1 is 1.12 bits per heavy atom. The molecule has 180 valence electrons. The van der Waals surface area contributed by atoms with Crippen LogP contribution in [0.4, 0.5) is 0 Å². The summed E-state index contributed by atoms with van der Waals surface area (Å²) in [7, 11) is -3.74. The third kappa shape index (κ3) is 4.84. The molecule has 2 aliphatic heterocycles. The number of esters is 1. The number of nitrogens with one attached hydrogen (secondary N) is 2. The number of aliphatic imine (C=N–C) groups is 1. The summed E-state index contributed by atoms with van der Waals surface area (Å²) in [6, 6.07) is 10.7. The van der Waals surface area contributed by atoms with Gasteiger partial charge in [-0.1, -0.05) is 32.0 Å². The number of hydrogen-bond acceptors (Lipinski definition) is 8. The number of carbonyl (C=O) groups excluding carboxylic acids is 2. The van der Waals surface area contributed by atoms with Crippen molar-refractivity contribution in [3.05, 3.63) is 53.6 Å². The minimum atomic E-state index is -3.74. The number of benzene rings is 2. The van der Waals surface area contributed by atoms with Crippen molar-refractivity contribution in [3.63, 3.8) is 0 Å². The molecule has 2 heterocycles. The molecule has 0 unspecified atom stereocenters. The molecule has 2 aromatic rings. The number of fused-ring (bicyclic) bond motifs is 2. The number of amidine groups is 1. The van der Waals surface area contributed by atoms with Gasteiger partial charge in [-0.15, -0.1) is 0 Å². The normalized spacial score (nSPS) is 18.2. The zero-order chi connectivity index (χ0) is 24.5. The van der Waals surface area contributed by atoms with Gasteiger partial charge in [-0.05, 0) is 42.7 Å². The Kier molecular flexibility index (Phi) is 6.47. The summed E-state index contributed by atoms with van der Waals surface area (Å²) in [5.41, 5.74) is 1.19. The van der Waals surface area contributed by atoms with E-state index in [0.717, 1.165) is 5.56 Å². The molecule has 0 radical (unpaired) electrons. The van der Waals surface area contributed by atoms with Gasteiger partial charge in [0.2, 0.25) is 6.79 Å². The molecule has 2 atom stereocenters. The van der Waals surface area contributed by atoms with E-state index in [2.05, 4.69) is 15.0 Å². The van der Waals surface area contributed by atoms with Crippen LogP contribution < -0.4 is 19.5 Å². The number of nitrogens with zero attached hydrogens (tertiary/aromatic N) is 1. The first-order valence-electron chi connectivity index (χ1n) is 10.7. The van der Waals surface area contributed by atoms with Crippen LogP contribution in [0.1, 0.15) is 31.9 Å². The maximum absolute atomic E-state index is 12.8. The van der Waals surface area contributed by atoms with E-state index in [1.807, 2.05) is 0 Å². The van der Waals surface area contributed by atoms with E-state index in [0.29, 0.717) is 17.1 Å². The summed E-state index contributed by atoms with van der Waals surface area (Å²) in [4.78, 5) is 29.8. The molecule has 2 N–H and O–H groups in total. The Balaban J connectivity index is 1.40. The van der Waals surface area contributed by atoms with Gasteiger partial charge in [-0.25, -0.2) is 13.2 Å². The average molecular weight is 488 g/mol. The van der Waals surface area contributed by atoms with Crippen LogP contribution in [-0.2, 0) is 30.9 Å². The maximum Gasteiger partial charge on any atom is 0.331 e. The van der Waals surface area contributed by atoms with Crippen LogP contribution in [0.5, 0.6) is 11.5 Å². The first kappa shape index (κ1) is 23.6. The van der Waals surface area contributed by atoms with Gasteiger partial charge in [0, 0.05) is 12.1 Å². The van der Waals surface area contributed by atoms with E-state index in [9.17, 15) is 18.0 Å². The molecule has 0 saturated carbocycles. The minimum absolute atomic E-state index is 0.0752. The third-order valence-corrected chi connectivity index (χ3v) is 6.77. The number of rotatable bonds is 7. The van der Waals surface area contributed by atoms with Crippen LogP contribution in [0.15, 0.2) is 52.4 Å². The summed E-state index contributed by atoms with van der Waals surface area (Å²) in [5.74, 6) is -0.183. The predicted octanol–water partition coefficient (Wildman–Crippen LogP) is 1.73.